The second-order valence-electron chi connectivity index (χ2n) is 3.82. The van der Waals surface area contributed by atoms with Gasteiger partial charge in [-0.2, -0.15) is 0 Å². The number of rotatable bonds is 8. The Balaban J connectivity index is 2.05. The van der Waals surface area contributed by atoms with Crippen LogP contribution in [0.5, 0.6) is 0 Å². The molecule has 0 aliphatic heterocycles. The predicted octanol–water partition coefficient (Wildman–Crippen LogP) is 2.01. The van der Waals surface area contributed by atoms with E-state index in [1.54, 1.807) is 11.8 Å². The molecule has 18 heavy (non-hydrogen) atoms. The molecule has 0 fully saturated rings. The smallest absolute Gasteiger partial charge is 0.230 e. The Labute approximate surface area is 117 Å². The molecule has 1 atom stereocenters. The summed E-state index contributed by atoms with van der Waals surface area (Å²) >= 11 is 3.20. The summed E-state index contributed by atoms with van der Waals surface area (Å²) in [6.45, 7) is 2.69. The summed E-state index contributed by atoms with van der Waals surface area (Å²) in [5.74, 6) is 1.32. The number of thioether (sulfide) groups is 2. The van der Waals surface area contributed by atoms with E-state index in [1.807, 2.05) is 25.1 Å². The fraction of sp³-hybridized carbons (Fsp3) is 0.462. The Morgan fingerprint density at radius 1 is 1.39 bits per heavy atom. The Morgan fingerprint density at radius 2 is 2.11 bits per heavy atom. The van der Waals surface area contributed by atoms with E-state index < -0.39 is 0 Å². The largest absolute Gasteiger partial charge is 0.395 e. The van der Waals surface area contributed by atoms with Crippen molar-refractivity contribution in [3.8, 4) is 0 Å². The van der Waals surface area contributed by atoms with Crippen molar-refractivity contribution in [3.05, 3.63) is 30.3 Å². The Kier molecular flexibility index (Phi) is 7.96. The third kappa shape index (κ3) is 6.93. The third-order valence-corrected chi connectivity index (χ3v) is 4.35. The van der Waals surface area contributed by atoms with E-state index in [-0.39, 0.29) is 17.8 Å². The van der Waals surface area contributed by atoms with Gasteiger partial charge in [0.15, 0.2) is 0 Å². The van der Waals surface area contributed by atoms with Crippen LogP contribution < -0.4 is 5.32 Å². The summed E-state index contributed by atoms with van der Waals surface area (Å²) in [7, 11) is 0. The molecule has 0 saturated heterocycles. The van der Waals surface area contributed by atoms with Crippen LogP contribution in [0.2, 0.25) is 0 Å². The number of hydrogen-bond acceptors (Lipinski definition) is 4. The molecular formula is C13H19NO2S2. The zero-order valence-corrected chi connectivity index (χ0v) is 12.1. The minimum Gasteiger partial charge on any atom is -0.395 e. The molecule has 5 heteroatoms. The Hall–Kier alpha value is -0.650. The number of aliphatic hydroxyl groups is 1. The van der Waals surface area contributed by atoms with Gasteiger partial charge in [0.05, 0.1) is 12.4 Å². The highest BCUT2D eigenvalue weighted by atomic mass is 32.2. The van der Waals surface area contributed by atoms with Crippen LogP contribution in [-0.2, 0) is 4.79 Å². The molecule has 1 rings (SSSR count). The fourth-order valence-corrected chi connectivity index (χ4v) is 2.63. The molecule has 2 N–H and O–H groups in total. The van der Waals surface area contributed by atoms with E-state index in [1.165, 1.54) is 16.7 Å². The van der Waals surface area contributed by atoms with Crippen molar-refractivity contribution < 1.29 is 9.90 Å². The summed E-state index contributed by atoms with van der Waals surface area (Å²) in [6.07, 6.45) is 0. The monoisotopic (exact) mass is 285 g/mol. The molecule has 0 radical (unpaired) electrons. The number of benzene rings is 1. The van der Waals surface area contributed by atoms with Gasteiger partial charge in [-0.3, -0.25) is 4.79 Å². The second-order valence-corrected chi connectivity index (χ2v) is 6.41. The highest BCUT2D eigenvalue weighted by molar-refractivity contribution is 8.00. The van der Waals surface area contributed by atoms with Crippen LogP contribution in [0.25, 0.3) is 0 Å². The van der Waals surface area contributed by atoms with E-state index in [0.717, 1.165) is 5.75 Å². The van der Waals surface area contributed by atoms with Crippen LogP contribution in [0.15, 0.2) is 35.2 Å². The predicted molar refractivity (Wildman–Crippen MR) is 79.2 cm³/mol. The van der Waals surface area contributed by atoms with Gasteiger partial charge in [-0.25, -0.2) is 0 Å². The molecule has 1 aromatic rings. The highest BCUT2D eigenvalue weighted by Crippen LogP contribution is 2.15. The first kappa shape index (κ1) is 15.4. The van der Waals surface area contributed by atoms with Crippen LogP contribution in [0.4, 0.5) is 0 Å². The number of carbonyl (C=O) groups is 1. The van der Waals surface area contributed by atoms with Gasteiger partial charge in [0.1, 0.15) is 0 Å². The first-order valence-electron chi connectivity index (χ1n) is 5.89. The lowest BCUT2D eigenvalue weighted by Crippen LogP contribution is -2.28. The summed E-state index contributed by atoms with van der Waals surface area (Å²) in [5, 5.41) is 11.8. The van der Waals surface area contributed by atoms with E-state index >= 15 is 0 Å². The number of amides is 1. The quantitative estimate of drug-likeness (QED) is 0.567. The molecule has 0 heterocycles. The molecule has 0 saturated carbocycles. The van der Waals surface area contributed by atoms with Crippen molar-refractivity contribution >= 4 is 29.4 Å². The Morgan fingerprint density at radius 3 is 2.78 bits per heavy atom. The molecule has 1 amide bonds. The lowest BCUT2D eigenvalue weighted by Gasteiger charge is -2.08. The van der Waals surface area contributed by atoms with Gasteiger partial charge in [0.25, 0.3) is 0 Å². The maximum atomic E-state index is 11.5. The molecule has 0 bridgehead atoms. The molecule has 100 valence electrons. The van der Waals surface area contributed by atoms with E-state index in [9.17, 15) is 4.79 Å². The molecule has 1 aromatic carbocycles. The molecule has 3 nitrogen and oxygen atoms in total. The van der Waals surface area contributed by atoms with Crippen LogP contribution in [0.3, 0.4) is 0 Å². The van der Waals surface area contributed by atoms with E-state index in [2.05, 4.69) is 17.4 Å². The number of carbonyl (C=O) groups excluding carboxylic acids is 1. The van der Waals surface area contributed by atoms with Gasteiger partial charge in [-0.15, -0.1) is 23.5 Å². The molecule has 1 unspecified atom stereocenters. The molecule has 0 aliphatic carbocycles. The van der Waals surface area contributed by atoms with E-state index in [0.29, 0.717) is 12.3 Å². The first-order valence-corrected chi connectivity index (χ1v) is 7.93. The summed E-state index contributed by atoms with van der Waals surface area (Å²) in [6, 6.07) is 10.1. The summed E-state index contributed by atoms with van der Waals surface area (Å²) < 4.78 is 0. The fourth-order valence-electron chi connectivity index (χ4n) is 1.20. The van der Waals surface area contributed by atoms with Gasteiger partial charge in [0, 0.05) is 22.4 Å². The molecular weight excluding hydrogens is 266 g/mol. The van der Waals surface area contributed by atoms with Crippen molar-refractivity contribution in [1.29, 1.82) is 0 Å². The topological polar surface area (TPSA) is 49.3 Å². The van der Waals surface area contributed by atoms with Crippen LogP contribution >= 0.6 is 23.5 Å². The molecule has 0 spiro atoms. The molecule has 0 aliphatic rings. The normalized spacial score (nSPS) is 12.1. The van der Waals surface area contributed by atoms with Crippen LogP contribution in [-0.4, -0.2) is 40.9 Å². The third-order valence-electron chi connectivity index (χ3n) is 2.19. The second kappa shape index (κ2) is 9.30. The van der Waals surface area contributed by atoms with Crippen LogP contribution in [0.1, 0.15) is 6.92 Å². The van der Waals surface area contributed by atoms with Gasteiger partial charge in [-0.1, -0.05) is 25.1 Å². The standard InChI is InChI=1S/C13H19NO2S2/c1-11(9-15)18-10-13(16)14-7-8-17-12-5-3-2-4-6-12/h2-6,11,15H,7-10H2,1H3,(H,14,16). The Bertz CT molecular complexity index is 346. The van der Waals surface area contributed by atoms with Gasteiger partial charge >= 0.3 is 0 Å². The minimum absolute atomic E-state index is 0.0361. The first-order chi connectivity index (χ1) is 8.72. The number of nitrogens with one attached hydrogen (secondary N) is 1. The number of hydrogen-bond donors (Lipinski definition) is 2. The minimum atomic E-state index is 0.0361. The summed E-state index contributed by atoms with van der Waals surface area (Å²) in [5.41, 5.74) is 0. The molecule has 0 aromatic heterocycles. The van der Waals surface area contributed by atoms with Crippen molar-refractivity contribution in [3.63, 3.8) is 0 Å². The van der Waals surface area contributed by atoms with Crippen molar-refractivity contribution in [2.75, 3.05) is 24.7 Å². The van der Waals surface area contributed by atoms with Gasteiger partial charge in [0.2, 0.25) is 5.91 Å². The van der Waals surface area contributed by atoms with Crippen LogP contribution in [0, 0.1) is 0 Å². The lowest BCUT2D eigenvalue weighted by atomic mass is 10.4. The summed E-state index contributed by atoms with van der Waals surface area (Å²) in [4.78, 5) is 12.7. The zero-order valence-electron chi connectivity index (χ0n) is 10.5. The van der Waals surface area contributed by atoms with Crippen molar-refractivity contribution in [2.24, 2.45) is 0 Å². The zero-order chi connectivity index (χ0) is 13.2. The maximum Gasteiger partial charge on any atom is 0.230 e. The maximum absolute atomic E-state index is 11.5. The number of aliphatic hydroxyl groups excluding tert-OH is 1. The van der Waals surface area contributed by atoms with Gasteiger partial charge < -0.3 is 10.4 Å². The highest BCUT2D eigenvalue weighted by Gasteiger charge is 2.05. The average molecular weight is 285 g/mol. The lowest BCUT2D eigenvalue weighted by molar-refractivity contribution is -0.118. The van der Waals surface area contributed by atoms with Gasteiger partial charge in [-0.05, 0) is 12.1 Å². The SMILES string of the molecule is CC(CO)SCC(=O)NCCSc1ccccc1. The van der Waals surface area contributed by atoms with E-state index in [4.69, 9.17) is 5.11 Å². The van der Waals surface area contributed by atoms with Crippen molar-refractivity contribution in [1.82, 2.24) is 5.32 Å². The van der Waals surface area contributed by atoms with Crippen molar-refractivity contribution in [2.45, 2.75) is 17.1 Å². The average Bonchev–Trinajstić information content (AvgIpc) is 2.42.